The molecule has 0 spiro atoms. The molecule has 2 aromatic rings. The molecule has 2 rings (SSSR count). The molecule has 1 aromatic heterocycles. The van der Waals surface area contributed by atoms with Gasteiger partial charge in [0, 0.05) is 6.20 Å². The maximum atomic E-state index is 5.98. The van der Waals surface area contributed by atoms with Crippen LogP contribution in [-0.2, 0) is 0 Å². The zero-order chi connectivity index (χ0) is 15.4. The highest BCUT2D eigenvalue weighted by Gasteiger charge is 2.12. The highest BCUT2D eigenvalue weighted by Crippen LogP contribution is 2.31. The van der Waals surface area contributed by atoms with E-state index in [0.29, 0.717) is 23.0 Å². The van der Waals surface area contributed by atoms with Crippen molar-refractivity contribution in [3.63, 3.8) is 0 Å². The molecule has 0 aliphatic carbocycles. The standard InChI is InChI=1S/C16H21N3O2/c1-10-7-13(17)16(18-9-10)19-11(2)12-5-6-14(20-3)15(8-12)21-4/h5-9,11H,17H2,1-4H3,(H,18,19). The molecule has 1 atom stereocenters. The molecule has 21 heavy (non-hydrogen) atoms. The van der Waals surface area contributed by atoms with Gasteiger partial charge in [-0.1, -0.05) is 6.07 Å². The molecule has 0 saturated carbocycles. The van der Waals surface area contributed by atoms with Crippen molar-refractivity contribution in [2.24, 2.45) is 0 Å². The van der Waals surface area contributed by atoms with E-state index in [1.165, 1.54) is 0 Å². The Kier molecular flexibility index (Phi) is 4.52. The van der Waals surface area contributed by atoms with Crippen molar-refractivity contribution in [2.45, 2.75) is 19.9 Å². The van der Waals surface area contributed by atoms with Gasteiger partial charge in [0.15, 0.2) is 11.5 Å². The molecule has 0 aliphatic heterocycles. The van der Waals surface area contributed by atoms with E-state index >= 15 is 0 Å². The van der Waals surface area contributed by atoms with Gasteiger partial charge >= 0.3 is 0 Å². The number of hydrogen-bond acceptors (Lipinski definition) is 5. The van der Waals surface area contributed by atoms with Gasteiger partial charge in [-0.2, -0.15) is 0 Å². The van der Waals surface area contributed by atoms with Gasteiger partial charge in [-0.25, -0.2) is 4.98 Å². The van der Waals surface area contributed by atoms with E-state index in [0.717, 1.165) is 11.1 Å². The molecular formula is C16H21N3O2. The SMILES string of the molecule is COc1ccc(C(C)Nc2ncc(C)cc2N)cc1OC. The van der Waals surface area contributed by atoms with E-state index in [4.69, 9.17) is 15.2 Å². The Labute approximate surface area is 125 Å². The van der Waals surface area contributed by atoms with E-state index in [1.54, 1.807) is 20.4 Å². The molecule has 0 saturated heterocycles. The smallest absolute Gasteiger partial charge is 0.161 e. The van der Waals surface area contributed by atoms with Crippen molar-refractivity contribution in [3.8, 4) is 11.5 Å². The summed E-state index contributed by atoms with van der Waals surface area (Å²) in [4.78, 5) is 4.33. The maximum Gasteiger partial charge on any atom is 0.161 e. The highest BCUT2D eigenvalue weighted by molar-refractivity contribution is 5.62. The van der Waals surface area contributed by atoms with Crippen LogP contribution in [0.4, 0.5) is 11.5 Å². The summed E-state index contributed by atoms with van der Waals surface area (Å²) in [5, 5.41) is 3.31. The van der Waals surface area contributed by atoms with Gasteiger partial charge in [0.2, 0.25) is 0 Å². The summed E-state index contributed by atoms with van der Waals surface area (Å²) in [5.41, 5.74) is 8.72. The molecule has 0 fully saturated rings. The third-order valence-corrected chi connectivity index (χ3v) is 3.31. The molecule has 0 aliphatic rings. The fourth-order valence-corrected chi connectivity index (χ4v) is 2.12. The number of nitrogens with one attached hydrogen (secondary N) is 1. The second kappa shape index (κ2) is 6.35. The van der Waals surface area contributed by atoms with Gasteiger partial charge in [-0.15, -0.1) is 0 Å². The van der Waals surface area contributed by atoms with Crippen LogP contribution in [0.15, 0.2) is 30.5 Å². The Morgan fingerprint density at radius 3 is 2.48 bits per heavy atom. The number of aryl methyl sites for hydroxylation is 1. The maximum absolute atomic E-state index is 5.98. The zero-order valence-corrected chi connectivity index (χ0v) is 12.8. The quantitative estimate of drug-likeness (QED) is 0.884. The predicted octanol–water partition coefficient (Wildman–Crippen LogP) is 3.16. The first-order chi connectivity index (χ1) is 10.0. The van der Waals surface area contributed by atoms with Crippen molar-refractivity contribution in [1.82, 2.24) is 4.98 Å². The lowest BCUT2D eigenvalue weighted by molar-refractivity contribution is 0.354. The molecule has 1 heterocycles. The molecule has 5 heteroatoms. The molecule has 0 radical (unpaired) electrons. The minimum atomic E-state index is 0.0438. The summed E-state index contributed by atoms with van der Waals surface area (Å²) >= 11 is 0. The summed E-state index contributed by atoms with van der Waals surface area (Å²) in [6, 6.07) is 7.77. The first kappa shape index (κ1) is 15.0. The van der Waals surface area contributed by atoms with E-state index < -0.39 is 0 Å². The molecular weight excluding hydrogens is 266 g/mol. The van der Waals surface area contributed by atoms with Gasteiger partial charge in [0.1, 0.15) is 5.82 Å². The zero-order valence-electron chi connectivity index (χ0n) is 12.8. The highest BCUT2D eigenvalue weighted by atomic mass is 16.5. The largest absolute Gasteiger partial charge is 0.493 e. The Bertz CT molecular complexity index is 629. The Morgan fingerprint density at radius 2 is 1.86 bits per heavy atom. The summed E-state index contributed by atoms with van der Waals surface area (Å²) in [6.45, 7) is 4.01. The minimum Gasteiger partial charge on any atom is -0.493 e. The Hall–Kier alpha value is -2.43. The monoisotopic (exact) mass is 287 g/mol. The number of nitrogen functional groups attached to an aromatic ring is 1. The molecule has 0 amide bonds. The van der Waals surface area contributed by atoms with Gasteiger partial charge in [-0.3, -0.25) is 0 Å². The van der Waals surface area contributed by atoms with E-state index in [2.05, 4.69) is 10.3 Å². The van der Waals surface area contributed by atoms with Gasteiger partial charge in [0.05, 0.1) is 25.9 Å². The fraction of sp³-hybridized carbons (Fsp3) is 0.312. The second-order valence-electron chi connectivity index (χ2n) is 4.93. The molecule has 0 bridgehead atoms. The Balaban J connectivity index is 2.21. The van der Waals surface area contributed by atoms with E-state index in [-0.39, 0.29) is 6.04 Å². The average Bonchev–Trinajstić information content (AvgIpc) is 2.49. The molecule has 3 N–H and O–H groups in total. The summed E-state index contributed by atoms with van der Waals surface area (Å²) in [7, 11) is 3.25. The Morgan fingerprint density at radius 1 is 1.14 bits per heavy atom. The second-order valence-corrected chi connectivity index (χ2v) is 4.93. The number of anilines is 2. The summed E-state index contributed by atoms with van der Waals surface area (Å²) < 4.78 is 10.6. The lowest BCUT2D eigenvalue weighted by atomic mass is 10.1. The summed E-state index contributed by atoms with van der Waals surface area (Å²) in [6.07, 6.45) is 1.79. The minimum absolute atomic E-state index is 0.0438. The van der Waals surface area contributed by atoms with Crippen LogP contribution >= 0.6 is 0 Å². The van der Waals surface area contributed by atoms with Crippen molar-refractivity contribution in [1.29, 1.82) is 0 Å². The van der Waals surface area contributed by atoms with Gasteiger partial charge < -0.3 is 20.5 Å². The van der Waals surface area contributed by atoms with Gasteiger partial charge in [0.25, 0.3) is 0 Å². The first-order valence-electron chi connectivity index (χ1n) is 6.75. The first-order valence-corrected chi connectivity index (χ1v) is 6.75. The van der Waals surface area contributed by atoms with Crippen molar-refractivity contribution >= 4 is 11.5 Å². The van der Waals surface area contributed by atoms with Crippen molar-refractivity contribution in [2.75, 3.05) is 25.3 Å². The molecule has 1 aromatic carbocycles. The van der Waals surface area contributed by atoms with Crippen molar-refractivity contribution in [3.05, 3.63) is 41.6 Å². The van der Waals surface area contributed by atoms with E-state index in [9.17, 15) is 0 Å². The van der Waals surface area contributed by atoms with Crippen LogP contribution in [0, 0.1) is 6.92 Å². The average molecular weight is 287 g/mol. The third kappa shape index (κ3) is 3.37. The van der Waals surface area contributed by atoms with Gasteiger partial charge in [-0.05, 0) is 43.2 Å². The molecule has 112 valence electrons. The number of nitrogens with zero attached hydrogens (tertiary/aromatic N) is 1. The van der Waals surface area contributed by atoms with E-state index in [1.807, 2.05) is 38.1 Å². The van der Waals surface area contributed by atoms with Crippen LogP contribution in [0.5, 0.6) is 11.5 Å². The van der Waals surface area contributed by atoms with Crippen LogP contribution in [0.1, 0.15) is 24.1 Å². The lowest BCUT2D eigenvalue weighted by Crippen LogP contribution is -2.10. The number of pyridine rings is 1. The topological polar surface area (TPSA) is 69.4 Å². The predicted molar refractivity (Wildman–Crippen MR) is 85.0 cm³/mol. The number of ether oxygens (including phenoxy) is 2. The van der Waals surface area contributed by atoms with Crippen LogP contribution in [0.25, 0.3) is 0 Å². The molecule has 1 unspecified atom stereocenters. The van der Waals surface area contributed by atoms with Crippen molar-refractivity contribution < 1.29 is 9.47 Å². The van der Waals surface area contributed by atoms with Crippen LogP contribution in [0.3, 0.4) is 0 Å². The van der Waals surface area contributed by atoms with Crippen LogP contribution in [-0.4, -0.2) is 19.2 Å². The lowest BCUT2D eigenvalue weighted by Gasteiger charge is -2.18. The van der Waals surface area contributed by atoms with Crippen LogP contribution in [0.2, 0.25) is 0 Å². The number of aromatic nitrogens is 1. The fourth-order valence-electron chi connectivity index (χ4n) is 2.12. The third-order valence-electron chi connectivity index (χ3n) is 3.31. The number of rotatable bonds is 5. The number of nitrogens with two attached hydrogens (primary N) is 1. The molecule has 5 nitrogen and oxygen atoms in total. The number of hydrogen-bond donors (Lipinski definition) is 2. The normalized spacial score (nSPS) is 11.8. The summed E-state index contributed by atoms with van der Waals surface area (Å²) in [5.74, 6) is 2.10. The number of benzene rings is 1. The number of methoxy groups -OCH3 is 2. The van der Waals surface area contributed by atoms with Crippen LogP contribution < -0.4 is 20.5 Å².